The summed E-state index contributed by atoms with van der Waals surface area (Å²) in [6, 6.07) is 12.7. The van der Waals surface area contributed by atoms with E-state index in [4.69, 9.17) is 18.6 Å². The zero-order valence-electron chi connectivity index (χ0n) is 25.3. The number of Topliss-reactive ketones (excluding diaryl/α,β-unsaturated/α-hetero) is 1. The lowest BCUT2D eigenvalue weighted by molar-refractivity contribution is -0.117. The van der Waals surface area contributed by atoms with E-state index in [-0.39, 0.29) is 27.9 Å². The van der Waals surface area contributed by atoms with Crippen LogP contribution in [0.15, 0.2) is 76.9 Å². The van der Waals surface area contributed by atoms with Crippen molar-refractivity contribution in [2.45, 2.75) is 45.6 Å². The summed E-state index contributed by atoms with van der Waals surface area (Å²) in [5, 5.41) is 12.0. The number of hydrogen-bond acceptors (Lipinski definition) is 10. The van der Waals surface area contributed by atoms with Crippen molar-refractivity contribution in [3.63, 3.8) is 0 Å². The molecule has 1 unspecified atom stereocenters. The summed E-state index contributed by atoms with van der Waals surface area (Å²) in [6.07, 6.45) is 5.72. The highest BCUT2D eigenvalue weighted by atomic mass is 32.1. The van der Waals surface area contributed by atoms with Crippen LogP contribution >= 0.6 is 11.3 Å². The van der Waals surface area contributed by atoms with Crippen molar-refractivity contribution in [3.8, 4) is 11.5 Å². The first-order chi connectivity index (χ1) is 21.8. The number of fused-ring (bicyclic) bond motifs is 1. The van der Waals surface area contributed by atoms with E-state index in [9.17, 15) is 19.5 Å². The fraction of sp³-hybridized carbons (Fsp3) is 0.294. The lowest BCUT2D eigenvalue weighted by Gasteiger charge is -2.24. The number of amides is 1. The molecule has 1 aliphatic rings. The largest absolute Gasteiger partial charge is 0.503 e. The number of aliphatic hydroxyl groups excluding tert-OH is 1. The van der Waals surface area contributed by atoms with Crippen molar-refractivity contribution in [1.29, 1.82) is 0 Å². The number of nitrogens with zero attached hydrogens (tertiary/aromatic N) is 2. The highest BCUT2D eigenvalue weighted by Crippen LogP contribution is 2.44. The molecule has 0 saturated heterocycles. The molecule has 2 aromatic heterocycles. The zero-order valence-corrected chi connectivity index (χ0v) is 26.1. The van der Waals surface area contributed by atoms with Gasteiger partial charge in [0.2, 0.25) is 5.78 Å². The van der Waals surface area contributed by atoms with Gasteiger partial charge < -0.3 is 23.7 Å². The topological polar surface area (TPSA) is 128 Å². The van der Waals surface area contributed by atoms with Gasteiger partial charge in [-0.25, -0.2) is 9.78 Å². The summed E-state index contributed by atoms with van der Waals surface area (Å²) in [6.45, 7) is 7.90. The summed E-state index contributed by atoms with van der Waals surface area (Å²) in [5.41, 5.74) is 1.03. The van der Waals surface area contributed by atoms with Gasteiger partial charge in [-0.15, -0.1) is 0 Å². The number of aromatic nitrogens is 1. The van der Waals surface area contributed by atoms with Gasteiger partial charge in [-0.3, -0.25) is 14.5 Å². The third-order valence-corrected chi connectivity index (χ3v) is 8.51. The second kappa shape index (κ2) is 13.8. The molecular formula is C34H34N2O8S. The van der Waals surface area contributed by atoms with E-state index in [0.717, 1.165) is 37.0 Å². The average Bonchev–Trinajstić information content (AvgIpc) is 3.73. The van der Waals surface area contributed by atoms with Crippen LogP contribution in [0.25, 0.3) is 11.0 Å². The molecule has 1 amide bonds. The predicted octanol–water partition coefficient (Wildman–Crippen LogP) is 7.29. The molecule has 0 radical (unpaired) electrons. The van der Waals surface area contributed by atoms with E-state index < -0.39 is 29.5 Å². The van der Waals surface area contributed by atoms with Crippen LogP contribution in [0.1, 0.15) is 70.1 Å². The Morgan fingerprint density at radius 1 is 1.16 bits per heavy atom. The molecule has 11 heteroatoms. The Hall–Kier alpha value is -4.90. The fourth-order valence-corrected chi connectivity index (χ4v) is 6.12. The predicted molar refractivity (Wildman–Crippen MR) is 170 cm³/mol. The summed E-state index contributed by atoms with van der Waals surface area (Å²) >= 11 is 0.930. The van der Waals surface area contributed by atoms with Crippen LogP contribution in [0, 0.1) is 6.92 Å². The van der Waals surface area contributed by atoms with E-state index in [2.05, 4.69) is 18.5 Å². The molecule has 1 atom stereocenters. The Balaban J connectivity index is 1.54. The minimum absolute atomic E-state index is 0.00702. The number of carbonyl (C=O) groups is 3. The zero-order chi connectivity index (χ0) is 32.1. The van der Waals surface area contributed by atoms with Crippen molar-refractivity contribution < 1.29 is 38.1 Å². The van der Waals surface area contributed by atoms with Crippen molar-refractivity contribution in [2.75, 3.05) is 25.2 Å². The number of aryl methyl sites for hydroxylation is 1. The van der Waals surface area contributed by atoms with Gasteiger partial charge >= 0.3 is 5.97 Å². The standard InChI is InChI=1S/C34H34N2O8S/c1-5-7-8-9-18-42-23-15-13-21(14-16-23)27-26(28(37)25-19-22-11-10-12-24(41-4)30(22)44-25)29(38)32(39)36(27)34-35-20(3)31(45-34)33(40)43-17-6-2/h6,10-16,19,27,38H,2,5,7-9,17-18H2,1,3-4H3. The second-order valence-corrected chi connectivity index (χ2v) is 11.4. The van der Waals surface area contributed by atoms with Crippen LogP contribution in [0.2, 0.25) is 0 Å². The molecule has 2 aromatic carbocycles. The van der Waals surface area contributed by atoms with E-state index in [1.807, 2.05) is 0 Å². The minimum Gasteiger partial charge on any atom is -0.503 e. The normalized spacial score (nSPS) is 14.7. The average molecular weight is 631 g/mol. The van der Waals surface area contributed by atoms with Crippen LogP contribution in [0.3, 0.4) is 0 Å². The number of thiazole rings is 1. The van der Waals surface area contributed by atoms with Gasteiger partial charge in [0.15, 0.2) is 28.0 Å². The molecule has 1 N–H and O–H groups in total. The Morgan fingerprint density at radius 2 is 1.93 bits per heavy atom. The molecule has 0 saturated carbocycles. The number of esters is 1. The molecule has 0 fully saturated rings. The number of rotatable bonds is 14. The van der Waals surface area contributed by atoms with E-state index >= 15 is 0 Å². The van der Waals surface area contributed by atoms with Crippen molar-refractivity contribution in [3.05, 3.63) is 94.4 Å². The maximum absolute atomic E-state index is 14.1. The van der Waals surface area contributed by atoms with Crippen molar-refractivity contribution in [2.24, 2.45) is 0 Å². The lowest BCUT2D eigenvalue weighted by atomic mass is 9.95. The highest BCUT2D eigenvalue weighted by molar-refractivity contribution is 7.17. The van der Waals surface area contributed by atoms with Crippen molar-refractivity contribution in [1.82, 2.24) is 4.98 Å². The fourth-order valence-electron chi connectivity index (χ4n) is 5.13. The molecule has 4 aromatic rings. The summed E-state index contributed by atoms with van der Waals surface area (Å²) in [7, 11) is 1.49. The first-order valence-corrected chi connectivity index (χ1v) is 15.5. The van der Waals surface area contributed by atoms with Crippen LogP contribution < -0.4 is 14.4 Å². The van der Waals surface area contributed by atoms with E-state index in [0.29, 0.717) is 40.3 Å². The summed E-state index contributed by atoms with van der Waals surface area (Å²) in [4.78, 5) is 46.3. The number of methoxy groups -OCH3 is 1. The number of benzene rings is 2. The quantitative estimate of drug-likeness (QED) is 0.0661. The van der Waals surface area contributed by atoms with Gasteiger partial charge in [0.1, 0.15) is 17.2 Å². The smallest absolute Gasteiger partial charge is 0.350 e. The van der Waals surface area contributed by atoms with E-state index in [1.165, 1.54) is 18.1 Å². The first-order valence-electron chi connectivity index (χ1n) is 14.6. The molecule has 5 rings (SSSR count). The van der Waals surface area contributed by atoms with E-state index in [1.54, 1.807) is 55.5 Å². The first kappa shape index (κ1) is 31.5. The molecule has 10 nitrogen and oxygen atoms in total. The van der Waals surface area contributed by atoms with Gasteiger partial charge in [0.05, 0.1) is 31.0 Å². The summed E-state index contributed by atoms with van der Waals surface area (Å²) < 4.78 is 22.4. The molecule has 1 aliphatic heterocycles. The second-order valence-electron chi connectivity index (χ2n) is 10.4. The molecule has 0 aliphatic carbocycles. The van der Waals surface area contributed by atoms with Gasteiger partial charge in [-0.1, -0.05) is 74.4 Å². The number of aliphatic hydroxyl groups is 1. The SMILES string of the molecule is C=CCOC(=O)c1sc(N2C(=O)C(O)=C(C(=O)c3cc4cccc(OC)c4o3)C2c2ccc(OCCCCCC)cc2)nc1C. The number of para-hydroxylation sites is 1. The Kier molecular flexibility index (Phi) is 9.68. The molecule has 0 bridgehead atoms. The number of furan rings is 1. The number of anilines is 1. The maximum Gasteiger partial charge on any atom is 0.350 e. The minimum atomic E-state index is -1.08. The van der Waals surface area contributed by atoms with Crippen LogP contribution in [0.5, 0.6) is 11.5 Å². The third-order valence-electron chi connectivity index (χ3n) is 7.38. The number of unbranched alkanes of at least 4 members (excludes halogenated alkanes) is 3. The highest BCUT2D eigenvalue weighted by Gasteiger charge is 2.47. The van der Waals surface area contributed by atoms with Gasteiger partial charge in [-0.05, 0) is 43.2 Å². The molecule has 0 spiro atoms. The lowest BCUT2D eigenvalue weighted by Crippen LogP contribution is -2.31. The molecule has 3 heterocycles. The summed E-state index contributed by atoms with van der Waals surface area (Å²) in [5.74, 6) is -1.89. The maximum atomic E-state index is 14.1. The third kappa shape index (κ3) is 6.34. The van der Waals surface area contributed by atoms with Gasteiger partial charge in [-0.2, -0.15) is 0 Å². The Bertz CT molecular complexity index is 1770. The monoisotopic (exact) mass is 630 g/mol. The van der Waals surface area contributed by atoms with Crippen LogP contribution in [0.4, 0.5) is 5.13 Å². The Labute approximate surface area is 264 Å². The number of hydrogen-bond donors (Lipinski definition) is 1. The number of ether oxygens (including phenoxy) is 3. The van der Waals surface area contributed by atoms with Crippen LogP contribution in [-0.2, 0) is 9.53 Å². The molecule has 234 valence electrons. The molecular weight excluding hydrogens is 596 g/mol. The van der Waals surface area contributed by atoms with Crippen LogP contribution in [-0.4, -0.2) is 48.1 Å². The molecule has 45 heavy (non-hydrogen) atoms. The van der Waals surface area contributed by atoms with Gasteiger partial charge in [0.25, 0.3) is 5.91 Å². The number of ketones is 1. The van der Waals surface area contributed by atoms with Gasteiger partial charge in [0, 0.05) is 5.39 Å². The van der Waals surface area contributed by atoms with Crippen molar-refractivity contribution >= 4 is 45.1 Å². The number of carbonyl (C=O) groups excluding carboxylic acids is 3. The Morgan fingerprint density at radius 3 is 2.64 bits per heavy atom.